The number of benzene rings is 5. The van der Waals surface area contributed by atoms with Crippen LogP contribution in [-0.2, 0) is 0 Å². The van der Waals surface area contributed by atoms with Gasteiger partial charge in [-0.2, -0.15) is 0 Å². The van der Waals surface area contributed by atoms with E-state index in [1.54, 1.807) is 0 Å². The van der Waals surface area contributed by atoms with E-state index in [4.69, 9.17) is 4.98 Å². The molecule has 0 saturated heterocycles. The number of rotatable bonds is 4. The normalized spacial score (nSPS) is 11.3. The van der Waals surface area contributed by atoms with Crippen LogP contribution in [0.15, 0.2) is 134 Å². The van der Waals surface area contributed by atoms with Gasteiger partial charge in [-0.25, -0.2) is 4.98 Å². The molecule has 2 heterocycles. The molecular weight excluding hydrogens is 456 g/mol. The third-order valence-electron chi connectivity index (χ3n) is 6.70. The largest absolute Gasteiger partial charge is 0.295 e. The number of fused-ring (bicyclic) bond motifs is 4. The molecule has 0 N–H and O–H groups in total. The van der Waals surface area contributed by atoms with E-state index in [9.17, 15) is 0 Å². The number of nitrogens with zero attached hydrogens (tertiary/aromatic N) is 2. The van der Waals surface area contributed by atoms with Crippen LogP contribution in [0.5, 0.6) is 0 Å². The molecule has 0 unspecified atom stereocenters. The van der Waals surface area contributed by atoms with Crippen molar-refractivity contribution in [3.8, 4) is 11.1 Å². The number of aromatic nitrogens is 1. The lowest BCUT2D eigenvalue weighted by Gasteiger charge is -2.25. The van der Waals surface area contributed by atoms with Crippen molar-refractivity contribution in [2.45, 2.75) is 0 Å². The monoisotopic (exact) mass is 478 g/mol. The van der Waals surface area contributed by atoms with E-state index in [1.807, 2.05) is 17.5 Å². The minimum atomic E-state index is 0.914. The second-order valence-corrected chi connectivity index (χ2v) is 10.0. The highest BCUT2D eigenvalue weighted by Crippen LogP contribution is 2.40. The average Bonchev–Trinajstić information content (AvgIpc) is 3.32. The molecule has 3 heteroatoms. The van der Waals surface area contributed by atoms with Crippen LogP contribution in [0.25, 0.3) is 42.1 Å². The van der Waals surface area contributed by atoms with Crippen molar-refractivity contribution in [2.24, 2.45) is 0 Å². The molecule has 0 radical (unpaired) electrons. The lowest BCUT2D eigenvalue weighted by atomic mass is 10.0. The topological polar surface area (TPSA) is 16.1 Å². The molecular formula is C33H22N2S. The maximum atomic E-state index is 4.98. The SMILES string of the molecule is c1ccc(-c2ccc(N(c3ccc4ccccc4c3)c3cc4sc5ccccc5c4cn3)cc2)cc1. The van der Waals surface area contributed by atoms with Gasteiger partial charge >= 0.3 is 0 Å². The molecule has 0 aliphatic carbocycles. The van der Waals surface area contributed by atoms with E-state index < -0.39 is 0 Å². The molecule has 0 saturated carbocycles. The third kappa shape index (κ3) is 3.62. The van der Waals surface area contributed by atoms with E-state index in [1.165, 1.54) is 42.1 Å². The van der Waals surface area contributed by atoms with Gasteiger partial charge in [-0.15, -0.1) is 11.3 Å². The Hall–Kier alpha value is -4.47. The molecule has 2 nitrogen and oxygen atoms in total. The molecule has 5 aromatic carbocycles. The van der Waals surface area contributed by atoms with Crippen LogP contribution in [-0.4, -0.2) is 4.98 Å². The van der Waals surface area contributed by atoms with Crippen molar-refractivity contribution < 1.29 is 0 Å². The van der Waals surface area contributed by atoms with Crippen molar-refractivity contribution in [1.29, 1.82) is 0 Å². The molecule has 7 rings (SSSR count). The van der Waals surface area contributed by atoms with Gasteiger partial charge in [-0.1, -0.05) is 91.0 Å². The Labute approximate surface area is 213 Å². The number of hydrogen-bond acceptors (Lipinski definition) is 3. The highest BCUT2D eigenvalue weighted by molar-refractivity contribution is 7.25. The first-order valence-corrected chi connectivity index (χ1v) is 12.9. The third-order valence-corrected chi connectivity index (χ3v) is 7.84. The molecule has 36 heavy (non-hydrogen) atoms. The zero-order chi connectivity index (χ0) is 23.9. The van der Waals surface area contributed by atoms with Crippen LogP contribution in [0.4, 0.5) is 17.2 Å². The first kappa shape index (κ1) is 20.9. The first-order chi connectivity index (χ1) is 17.8. The summed E-state index contributed by atoms with van der Waals surface area (Å²) in [6.45, 7) is 0. The zero-order valence-corrected chi connectivity index (χ0v) is 20.3. The van der Waals surface area contributed by atoms with Crippen LogP contribution in [0.1, 0.15) is 0 Å². The fourth-order valence-corrected chi connectivity index (χ4v) is 6.00. The van der Waals surface area contributed by atoms with E-state index in [0.717, 1.165) is 17.2 Å². The summed E-state index contributed by atoms with van der Waals surface area (Å²) in [6, 6.07) is 45.1. The maximum Gasteiger partial charge on any atom is 0.138 e. The predicted octanol–water partition coefficient (Wildman–Crippen LogP) is 9.74. The average molecular weight is 479 g/mol. The predicted molar refractivity (Wildman–Crippen MR) is 155 cm³/mol. The van der Waals surface area contributed by atoms with Gasteiger partial charge in [0.1, 0.15) is 5.82 Å². The first-order valence-electron chi connectivity index (χ1n) is 12.1. The molecule has 0 aliphatic heterocycles. The Kier molecular flexibility index (Phi) is 5.00. The Morgan fingerprint density at radius 3 is 2.06 bits per heavy atom. The molecule has 170 valence electrons. The quantitative estimate of drug-likeness (QED) is 0.250. The summed E-state index contributed by atoms with van der Waals surface area (Å²) < 4.78 is 2.53. The zero-order valence-electron chi connectivity index (χ0n) is 19.5. The van der Waals surface area contributed by atoms with Gasteiger partial charge in [0.2, 0.25) is 0 Å². The van der Waals surface area contributed by atoms with E-state index in [-0.39, 0.29) is 0 Å². The van der Waals surface area contributed by atoms with Gasteiger partial charge in [-0.05, 0) is 58.3 Å². The number of thiophene rings is 1. The summed E-state index contributed by atoms with van der Waals surface area (Å²) in [6.07, 6.45) is 2.02. The molecule has 0 aliphatic rings. The number of pyridine rings is 1. The second-order valence-electron chi connectivity index (χ2n) is 8.92. The number of anilines is 3. The van der Waals surface area contributed by atoms with Crippen molar-refractivity contribution in [1.82, 2.24) is 4.98 Å². The van der Waals surface area contributed by atoms with Gasteiger partial charge in [0.05, 0.1) is 0 Å². The minimum absolute atomic E-state index is 0.914. The van der Waals surface area contributed by atoms with Gasteiger partial charge in [-0.3, -0.25) is 4.90 Å². The molecule has 0 fully saturated rings. The Bertz CT molecular complexity index is 1840. The standard InChI is InChI=1S/C33H22N2S/c1-2-8-23(9-3-1)25-14-17-27(18-15-25)35(28-19-16-24-10-4-5-11-26(24)20-28)33-21-32-30(22-34-33)29-12-6-7-13-31(29)36-32/h1-22H. The summed E-state index contributed by atoms with van der Waals surface area (Å²) >= 11 is 1.82. The van der Waals surface area contributed by atoms with Crippen molar-refractivity contribution in [2.75, 3.05) is 4.90 Å². The molecule has 0 amide bonds. The molecule has 7 aromatic rings. The van der Waals surface area contributed by atoms with Crippen molar-refractivity contribution >= 4 is 59.5 Å². The van der Waals surface area contributed by atoms with Gasteiger partial charge in [0.25, 0.3) is 0 Å². The van der Waals surface area contributed by atoms with Gasteiger partial charge < -0.3 is 0 Å². The summed E-state index contributed by atoms with van der Waals surface area (Å²) in [7, 11) is 0. The highest BCUT2D eigenvalue weighted by Gasteiger charge is 2.16. The Morgan fingerprint density at radius 2 is 1.19 bits per heavy atom. The van der Waals surface area contributed by atoms with Crippen LogP contribution in [0.2, 0.25) is 0 Å². The van der Waals surface area contributed by atoms with E-state index in [2.05, 4.69) is 132 Å². The van der Waals surface area contributed by atoms with E-state index in [0.29, 0.717) is 0 Å². The highest BCUT2D eigenvalue weighted by atomic mass is 32.1. The summed E-state index contributed by atoms with van der Waals surface area (Å²) in [5, 5.41) is 4.91. The van der Waals surface area contributed by atoms with Crippen LogP contribution >= 0.6 is 11.3 Å². The van der Waals surface area contributed by atoms with E-state index >= 15 is 0 Å². The summed E-state index contributed by atoms with van der Waals surface area (Å²) in [5.74, 6) is 0.914. The lowest BCUT2D eigenvalue weighted by molar-refractivity contribution is 1.20. The molecule has 0 spiro atoms. The fraction of sp³-hybridized carbons (Fsp3) is 0. The smallest absolute Gasteiger partial charge is 0.138 e. The van der Waals surface area contributed by atoms with Crippen LogP contribution in [0.3, 0.4) is 0 Å². The van der Waals surface area contributed by atoms with Crippen molar-refractivity contribution in [3.05, 3.63) is 134 Å². The van der Waals surface area contributed by atoms with Gasteiger partial charge in [0.15, 0.2) is 0 Å². The van der Waals surface area contributed by atoms with Crippen molar-refractivity contribution in [3.63, 3.8) is 0 Å². The Morgan fingerprint density at radius 1 is 0.500 bits per heavy atom. The molecule has 0 atom stereocenters. The van der Waals surface area contributed by atoms with Gasteiger partial charge in [0, 0.05) is 37.7 Å². The lowest BCUT2D eigenvalue weighted by Crippen LogP contribution is -2.11. The van der Waals surface area contributed by atoms with Crippen LogP contribution in [0, 0.1) is 0 Å². The number of hydrogen-bond donors (Lipinski definition) is 0. The summed E-state index contributed by atoms with van der Waals surface area (Å²) in [4.78, 5) is 7.23. The summed E-state index contributed by atoms with van der Waals surface area (Å²) in [5.41, 5.74) is 4.59. The minimum Gasteiger partial charge on any atom is -0.295 e. The van der Waals surface area contributed by atoms with Crippen LogP contribution < -0.4 is 4.90 Å². The Balaban J connectivity index is 1.39. The second kappa shape index (κ2) is 8.63. The maximum absolute atomic E-state index is 4.98. The fourth-order valence-electron chi connectivity index (χ4n) is 4.90. The molecule has 0 bridgehead atoms. The molecule has 2 aromatic heterocycles.